The topological polar surface area (TPSA) is 23.8 Å². The molecule has 0 spiro atoms. The SMILES string of the molecule is N#Cc1ccc(S(I)(c2ccccc2)c2ccccc2)cc1. The third-order valence-corrected chi connectivity index (χ3v) is 10.8. The molecule has 0 aliphatic heterocycles. The molecule has 3 aromatic rings. The van der Waals surface area contributed by atoms with Crippen molar-refractivity contribution >= 4 is 28.4 Å². The molecule has 0 radical (unpaired) electrons. The van der Waals surface area contributed by atoms with Crippen molar-refractivity contribution in [1.29, 1.82) is 5.26 Å². The summed E-state index contributed by atoms with van der Waals surface area (Å²) in [6, 6.07) is 31.4. The minimum atomic E-state index is -1.34. The molecular formula is C19H14INS. The Balaban J connectivity index is 2.21. The summed E-state index contributed by atoms with van der Waals surface area (Å²) in [6.07, 6.45) is 0. The average Bonchev–Trinajstić information content (AvgIpc) is 2.62. The summed E-state index contributed by atoms with van der Waals surface area (Å²) >= 11 is 2.60. The van der Waals surface area contributed by atoms with E-state index in [1.807, 2.05) is 24.3 Å². The van der Waals surface area contributed by atoms with E-state index in [0.717, 1.165) is 0 Å². The highest BCUT2D eigenvalue weighted by molar-refractivity contribution is 14.2. The van der Waals surface area contributed by atoms with Gasteiger partial charge in [-0.3, -0.25) is 0 Å². The number of rotatable bonds is 3. The van der Waals surface area contributed by atoms with Crippen LogP contribution < -0.4 is 0 Å². The zero-order chi connectivity index (χ0) is 15.4. The van der Waals surface area contributed by atoms with Crippen molar-refractivity contribution in [2.45, 2.75) is 14.7 Å². The van der Waals surface area contributed by atoms with Crippen LogP contribution in [0.5, 0.6) is 0 Å². The standard InChI is InChI=1S/C19H14INS/c20-22(17-7-3-1-4-8-17,18-9-5-2-6-10-18)19-13-11-16(15-21)12-14-19/h1-14H. The molecule has 0 saturated carbocycles. The van der Waals surface area contributed by atoms with E-state index < -0.39 is 7.20 Å². The first-order valence-corrected chi connectivity index (χ1v) is 11.1. The van der Waals surface area contributed by atoms with Gasteiger partial charge in [-0.05, 0) is 69.7 Å². The summed E-state index contributed by atoms with van der Waals surface area (Å²) in [7, 11) is -1.34. The van der Waals surface area contributed by atoms with Crippen LogP contribution in [0.4, 0.5) is 0 Å². The zero-order valence-corrected chi connectivity index (χ0v) is 14.8. The maximum atomic E-state index is 9.02. The largest absolute Gasteiger partial charge is 0.192 e. The normalized spacial score (nSPS) is 11.6. The van der Waals surface area contributed by atoms with Crippen molar-refractivity contribution in [2.24, 2.45) is 0 Å². The molecule has 0 unspecified atom stereocenters. The summed E-state index contributed by atoms with van der Waals surface area (Å²) < 4.78 is 0. The van der Waals surface area contributed by atoms with Crippen LogP contribution in [0.25, 0.3) is 0 Å². The fourth-order valence-electron chi connectivity index (χ4n) is 2.34. The smallest absolute Gasteiger partial charge is 0.0991 e. The Kier molecular flexibility index (Phi) is 4.51. The molecule has 22 heavy (non-hydrogen) atoms. The lowest BCUT2D eigenvalue weighted by Gasteiger charge is -2.35. The van der Waals surface area contributed by atoms with E-state index in [1.54, 1.807) is 0 Å². The molecule has 0 atom stereocenters. The van der Waals surface area contributed by atoms with Gasteiger partial charge in [0.2, 0.25) is 0 Å². The molecule has 0 amide bonds. The lowest BCUT2D eigenvalue weighted by molar-refractivity contribution is 1.32. The third-order valence-electron chi connectivity index (χ3n) is 3.44. The monoisotopic (exact) mass is 415 g/mol. The predicted octanol–water partition coefficient (Wildman–Crippen LogP) is 6.19. The molecule has 0 fully saturated rings. The van der Waals surface area contributed by atoms with Gasteiger partial charge in [-0.15, -0.1) is 7.20 Å². The first-order valence-electron chi connectivity index (χ1n) is 6.88. The Bertz CT molecular complexity index is 753. The van der Waals surface area contributed by atoms with Gasteiger partial charge in [-0.25, -0.2) is 0 Å². The van der Waals surface area contributed by atoms with Crippen LogP contribution in [0, 0.1) is 11.3 Å². The van der Waals surface area contributed by atoms with Crippen molar-refractivity contribution in [2.75, 3.05) is 0 Å². The molecule has 3 rings (SSSR count). The minimum absolute atomic E-state index is 0.697. The third kappa shape index (κ3) is 2.77. The summed E-state index contributed by atoms with van der Waals surface area (Å²) in [5, 5.41) is 9.02. The number of hydrogen-bond donors (Lipinski definition) is 0. The van der Waals surface area contributed by atoms with Crippen LogP contribution in [0.2, 0.25) is 0 Å². The number of nitrogens with zero attached hydrogens (tertiary/aromatic N) is 1. The number of benzene rings is 3. The second kappa shape index (κ2) is 6.55. The quantitative estimate of drug-likeness (QED) is 0.468. The summed E-state index contributed by atoms with van der Waals surface area (Å²) in [5.74, 6) is 0. The second-order valence-corrected chi connectivity index (χ2v) is 11.3. The molecule has 0 heterocycles. The van der Waals surface area contributed by atoms with Crippen LogP contribution >= 0.6 is 28.4 Å². The Morgan fingerprint density at radius 2 is 1.05 bits per heavy atom. The van der Waals surface area contributed by atoms with Crippen molar-refractivity contribution in [1.82, 2.24) is 0 Å². The Hall–Kier alpha value is -1.77. The van der Waals surface area contributed by atoms with Crippen molar-refractivity contribution < 1.29 is 0 Å². The van der Waals surface area contributed by atoms with Crippen molar-refractivity contribution in [3.05, 3.63) is 90.5 Å². The Morgan fingerprint density at radius 1 is 0.636 bits per heavy atom. The lowest BCUT2D eigenvalue weighted by atomic mass is 10.2. The van der Waals surface area contributed by atoms with E-state index in [4.69, 9.17) is 5.26 Å². The molecule has 1 nitrogen and oxygen atoms in total. The molecule has 3 heteroatoms. The fraction of sp³-hybridized carbons (Fsp3) is 0. The van der Waals surface area contributed by atoms with Crippen LogP contribution in [0.1, 0.15) is 5.56 Å². The van der Waals surface area contributed by atoms with E-state index >= 15 is 0 Å². The van der Waals surface area contributed by atoms with E-state index in [2.05, 4.69) is 87.9 Å². The highest BCUT2D eigenvalue weighted by Gasteiger charge is 2.27. The number of hydrogen-bond acceptors (Lipinski definition) is 1. The first-order chi connectivity index (χ1) is 10.7. The van der Waals surface area contributed by atoms with Crippen LogP contribution in [0.15, 0.2) is 99.6 Å². The van der Waals surface area contributed by atoms with Crippen LogP contribution in [-0.2, 0) is 0 Å². The first kappa shape index (κ1) is 15.1. The van der Waals surface area contributed by atoms with Crippen LogP contribution in [0.3, 0.4) is 0 Å². The van der Waals surface area contributed by atoms with Gasteiger partial charge in [-0.1, -0.05) is 36.4 Å². The minimum Gasteiger partial charge on any atom is -0.192 e. The highest BCUT2D eigenvalue weighted by Crippen LogP contribution is 2.74. The maximum Gasteiger partial charge on any atom is 0.0991 e. The molecule has 108 valence electrons. The second-order valence-electron chi connectivity index (χ2n) is 4.80. The van der Waals surface area contributed by atoms with Gasteiger partial charge in [0, 0.05) is 14.7 Å². The molecule has 3 aromatic carbocycles. The van der Waals surface area contributed by atoms with E-state index in [0.29, 0.717) is 5.56 Å². The van der Waals surface area contributed by atoms with Gasteiger partial charge in [0.05, 0.1) is 11.6 Å². The number of nitriles is 1. The van der Waals surface area contributed by atoms with Gasteiger partial charge in [0.25, 0.3) is 0 Å². The summed E-state index contributed by atoms with van der Waals surface area (Å²) in [5.41, 5.74) is 0.697. The molecule has 0 bridgehead atoms. The molecule has 0 aliphatic carbocycles. The van der Waals surface area contributed by atoms with Gasteiger partial charge >= 0.3 is 0 Å². The van der Waals surface area contributed by atoms with E-state index in [1.165, 1.54) is 14.7 Å². The molecule has 0 saturated heterocycles. The van der Waals surface area contributed by atoms with Gasteiger partial charge in [-0.2, -0.15) is 5.26 Å². The predicted molar refractivity (Wildman–Crippen MR) is 100 cm³/mol. The van der Waals surface area contributed by atoms with Gasteiger partial charge < -0.3 is 0 Å². The Labute approximate surface area is 144 Å². The van der Waals surface area contributed by atoms with Crippen LogP contribution in [-0.4, -0.2) is 0 Å². The lowest BCUT2D eigenvalue weighted by Crippen LogP contribution is -1.96. The van der Waals surface area contributed by atoms with Crippen molar-refractivity contribution in [3.63, 3.8) is 0 Å². The van der Waals surface area contributed by atoms with E-state index in [9.17, 15) is 0 Å². The fourth-order valence-corrected chi connectivity index (χ4v) is 7.38. The van der Waals surface area contributed by atoms with E-state index in [-0.39, 0.29) is 0 Å². The average molecular weight is 415 g/mol. The zero-order valence-electron chi connectivity index (χ0n) is 11.8. The van der Waals surface area contributed by atoms with Gasteiger partial charge in [0.1, 0.15) is 0 Å². The molecular weight excluding hydrogens is 401 g/mol. The maximum absolute atomic E-state index is 9.02. The molecule has 0 N–H and O–H groups in total. The highest BCUT2D eigenvalue weighted by atomic mass is 127. The number of halogens is 1. The molecule has 0 aromatic heterocycles. The summed E-state index contributed by atoms with van der Waals surface area (Å²) in [4.78, 5) is 3.88. The molecule has 0 aliphatic rings. The van der Waals surface area contributed by atoms with Gasteiger partial charge in [0.15, 0.2) is 0 Å². The Morgan fingerprint density at radius 3 is 1.45 bits per heavy atom. The summed E-state index contributed by atoms with van der Waals surface area (Å²) in [6.45, 7) is 0. The van der Waals surface area contributed by atoms with Crippen molar-refractivity contribution in [3.8, 4) is 6.07 Å².